The number of hydrogen-bond donors (Lipinski definition) is 1. The SMILES string of the molecule is COC(=O)C(NC1CCCC1)c1csc(C)n1. The van der Waals surface area contributed by atoms with Gasteiger partial charge in [-0.2, -0.15) is 0 Å². The second kappa shape index (κ2) is 5.60. The largest absolute Gasteiger partial charge is 0.468 e. The topological polar surface area (TPSA) is 51.2 Å². The first-order valence-electron chi connectivity index (χ1n) is 5.96. The summed E-state index contributed by atoms with van der Waals surface area (Å²) in [6.45, 7) is 1.94. The number of hydrogen-bond acceptors (Lipinski definition) is 5. The van der Waals surface area contributed by atoms with Gasteiger partial charge >= 0.3 is 5.97 Å². The van der Waals surface area contributed by atoms with E-state index in [4.69, 9.17) is 4.74 Å². The van der Waals surface area contributed by atoms with Gasteiger partial charge in [0.05, 0.1) is 17.8 Å². The summed E-state index contributed by atoms with van der Waals surface area (Å²) < 4.78 is 4.85. The molecule has 0 spiro atoms. The average molecular weight is 254 g/mol. The number of nitrogens with one attached hydrogen (secondary N) is 1. The van der Waals surface area contributed by atoms with Gasteiger partial charge in [0.1, 0.15) is 6.04 Å². The number of aromatic nitrogens is 1. The van der Waals surface area contributed by atoms with E-state index in [9.17, 15) is 4.79 Å². The van der Waals surface area contributed by atoms with Crippen molar-refractivity contribution < 1.29 is 9.53 Å². The van der Waals surface area contributed by atoms with Crippen LogP contribution in [0.4, 0.5) is 0 Å². The van der Waals surface area contributed by atoms with Crippen molar-refractivity contribution in [1.82, 2.24) is 10.3 Å². The maximum Gasteiger partial charge on any atom is 0.329 e. The van der Waals surface area contributed by atoms with Crippen LogP contribution in [0.5, 0.6) is 0 Å². The van der Waals surface area contributed by atoms with E-state index >= 15 is 0 Å². The number of rotatable bonds is 4. The number of aryl methyl sites for hydroxylation is 1. The molecule has 0 saturated heterocycles. The zero-order valence-corrected chi connectivity index (χ0v) is 11.0. The first-order valence-corrected chi connectivity index (χ1v) is 6.84. The van der Waals surface area contributed by atoms with E-state index in [0.29, 0.717) is 6.04 Å². The van der Waals surface area contributed by atoms with Crippen molar-refractivity contribution in [3.05, 3.63) is 16.1 Å². The molecular formula is C12H18N2O2S. The number of methoxy groups -OCH3 is 1. The Morgan fingerprint density at radius 1 is 1.59 bits per heavy atom. The molecule has 0 amide bonds. The minimum atomic E-state index is -0.409. The van der Waals surface area contributed by atoms with Crippen LogP contribution in [0.2, 0.25) is 0 Å². The van der Waals surface area contributed by atoms with Gasteiger partial charge in [0.25, 0.3) is 0 Å². The van der Waals surface area contributed by atoms with E-state index in [-0.39, 0.29) is 5.97 Å². The smallest absolute Gasteiger partial charge is 0.329 e. The molecular weight excluding hydrogens is 236 g/mol. The van der Waals surface area contributed by atoms with Gasteiger partial charge in [0, 0.05) is 11.4 Å². The molecule has 1 N–H and O–H groups in total. The lowest BCUT2D eigenvalue weighted by Crippen LogP contribution is -2.36. The fourth-order valence-electron chi connectivity index (χ4n) is 2.23. The second-order valence-corrected chi connectivity index (χ2v) is 5.46. The third kappa shape index (κ3) is 3.04. The molecule has 0 bridgehead atoms. The quantitative estimate of drug-likeness (QED) is 0.837. The van der Waals surface area contributed by atoms with Crippen LogP contribution >= 0.6 is 11.3 Å². The van der Waals surface area contributed by atoms with Crippen molar-refractivity contribution in [3.63, 3.8) is 0 Å². The molecule has 1 heterocycles. The number of ether oxygens (including phenoxy) is 1. The van der Waals surface area contributed by atoms with Crippen molar-refractivity contribution >= 4 is 17.3 Å². The van der Waals surface area contributed by atoms with Crippen LogP contribution in [0.1, 0.15) is 42.4 Å². The lowest BCUT2D eigenvalue weighted by Gasteiger charge is -2.19. The van der Waals surface area contributed by atoms with Gasteiger partial charge in [-0.1, -0.05) is 12.8 Å². The van der Waals surface area contributed by atoms with Crippen LogP contribution in [-0.2, 0) is 9.53 Å². The molecule has 1 fully saturated rings. The number of thiazole rings is 1. The van der Waals surface area contributed by atoms with E-state index < -0.39 is 6.04 Å². The highest BCUT2D eigenvalue weighted by Gasteiger charge is 2.27. The molecule has 1 aromatic rings. The molecule has 0 aromatic carbocycles. The first-order chi connectivity index (χ1) is 8.20. The molecule has 94 valence electrons. The van der Waals surface area contributed by atoms with Gasteiger partial charge in [-0.15, -0.1) is 11.3 Å². The van der Waals surface area contributed by atoms with E-state index in [1.165, 1.54) is 20.0 Å². The molecule has 0 radical (unpaired) electrons. The summed E-state index contributed by atoms with van der Waals surface area (Å²) in [5.74, 6) is -0.248. The molecule has 0 aliphatic heterocycles. The number of carbonyl (C=O) groups is 1. The van der Waals surface area contributed by atoms with Gasteiger partial charge in [0.15, 0.2) is 0 Å². The molecule has 1 unspecified atom stereocenters. The lowest BCUT2D eigenvalue weighted by atomic mass is 10.1. The maximum atomic E-state index is 11.8. The van der Waals surface area contributed by atoms with Crippen molar-refractivity contribution in [2.75, 3.05) is 7.11 Å². The van der Waals surface area contributed by atoms with Gasteiger partial charge < -0.3 is 4.74 Å². The van der Waals surface area contributed by atoms with Crippen molar-refractivity contribution in [3.8, 4) is 0 Å². The lowest BCUT2D eigenvalue weighted by molar-refractivity contribution is -0.143. The standard InChI is InChI=1S/C12H18N2O2S/c1-8-13-10(7-17-8)11(12(15)16-2)14-9-5-3-4-6-9/h7,9,11,14H,3-6H2,1-2H3. The van der Waals surface area contributed by atoms with Crippen molar-refractivity contribution in [2.24, 2.45) is 0 Å². The van der Waals surface area contributed by atoms with Gasteiger partial charge in [0.2, 0.25) is 0 Å². The molecule has 2 rings (SSSR count). The molecule has 17 heavy (non-hydrogen) atoms. The van der Waals surface area contributed by atoms with Crippen LogP contribution in [0, 0.1) is 6.92 Å². The van der Waals surface area contributed by atoms with Gasteiger partial charge in [-0.05, 0) is 19.8 Å². The Labute approximate surface area is 105 Å². The zero-order valence-electron chi connectivity index (χ0n) is 10.2. The minimum Gasteiger partial charge on any atom is -0.468 e. The molecule has 1 aliphatic carbocycles. The van der Waals surface area contributed by atoms with Crippen LogP contribution < -0.4 is 5.32 Å². The van der Waals surface area contributed by atoms with E-state index in [2.05, 4.69) is 10.3 Å². The van der Waals surface area contributed by atoms with Crippen LogP contribution in [0.3, 0.4) is 0 Å². The van der Waals surface area contributed by atoms with Gasteiger partial charge in [-0.3, -0.25) is 5.32 Å². The first kappa shape index (κ1) is 12.5. The Balaban J connectivity index is 2.10. The Hall–Kier alpha value is -0.940. The predicted molar refractivity (Wildman–Crippen MR) is 67.0 cm³/mol. The third-order valence-electron chi connectivity index (χ3n) is 3.13. The number of esters is 1. The third-order valence-corrected chi connectivity index (χ3v) is 3.92. The van der Waals surface area contributed by atoms with Crippen LogP contribution in [0.15, 0.2) is 5.38 Å². The highest BCUT2D eigenvalue weighted by atomic mass is 32.1. The summed E-state index contributed by atoms with van der Waals surface area (Å²) in [7, 11) is 1.42. The normalized spacial score (nSPS) is 18.2. The minimum absolute atomic E-state index is 0.248. The Morgan fingerprint density at radius 2 is 2.29 bits per heavy atom. The highest BCUT2D eigenvalue weighted by Crippen LogP contribution is 2.23. The Kier molecular flexibility index (Phi) is 4.12. The molecule has 1 aliphatic rings. The van der Waals surface area contributed by atoms with E-state index in [1.807, 2.05) is 12.3 Å². The van der Waals surface area contributed by atoms with E-state index in [1.54, 1.807) is 11.3 Å². The van der Waals surface area contributed by atoms with E-state index in [0.717, 1.165) is 23.5 Å². The van der Waals surface area contributed by atoms with Gasteiger partial charge in [-0.25, -0.2) is 9.78 Å². The Morgan fingerprint density at radius 3 is 2.82 bits per heavy atom. The Bertz CT molecular complexity index is 386. The highest BCUT2D eigenvalue weighted by molar-refractivity contribution is 7.09. The maximum absolute atomic E-state index is 11.8. The summed E-state index contributed by atoms with van der Waals surface area (Å²) >= 11 is 1.56. The summed E-state index contributed by atoms with van der Waals surface area (Å²) in [6, 6.07) is 0.00848. The fraction of sp³-hybridized carbons (Fsp3) is 0.667. The summed E-state index contributed by atoms with van der Waals surface area (Å²) in [4.78, 5) is 16.2. The van der Waals surface area contributed by atoms with Crippen LogP contribution in [0.25, 0.3) is 0 Å². The number of carbonyl (C=O) groups excluding carboxylic acids is 1. The molecule has 1 saturated carbocycles. The molecule has 4 nitrogen and oxygen atoms in total. The summed E-state index contributed by atoms with van der Waals surface area (Å²) in [6.07, 6.45) is 4.75. The molecule has 5 heteroatoms. The summed E-state index contributed by atoms with van der Waals surface area (Å²) in [5, 5.41) is 6.27. The predicted octanol–water partition coefficient (Wildman–Crippen LogP) is 2.20. The molecule has 1 aromatic heterocycles. The van der Waals surface area contributed by atoms with Crippen molar-refractivity contribution in [1.29, 1.82) is 0 Å². The van der Waals surface area contributed by atoms with Crippen LogP contribution in [-0.4, -0.2) is 24.1 Å². The zero-order chi connectivity index (χ0) is 12.3. The second-order valence-electron chi connectivity index (χ2n) is 4.40. The summed E-state index contributed by atoms with van der Waals surface area (Å²) in [5.41, 5.74) is 0.784. The molecule has 1 atom stereocenters. The fourth-order valence-corrected chi connectivity index (χ4v) is 2.87. The number of nitrogens with zero attached hydrogens (tertiary/aromatic N) is 1. The monoisotopic (exact) mass is 254 g/mol. The van der Waals surface area contributed by atoms with Crippen molar-refractivity contribution in [2.45, 2.75) is 44.7 Å². The average Bonchev–Trinajstić information content (AvgIpc) is 2.96.